The number of anilines is 2. The molecule has 5 rings (SSSR count). The van der Waals surface area contributed by atoms with E-state index in [0.29, 0.717) is 5.56 Å². The Hall–Kier alpha value is -3.85. The van der Waals surface area contributed by atoms with E-state index in [4.69, 9.17) is 0 Å². The van der Waals surface area contributed by atoms with Gasteiger partial charge in [-0.2, -0.15) is 0 Å². The molecular weight excluding hydrogens is 368 g/mol. The number of amides is 1. The van der Waals surface area contributed by atoms with Crippen LogP contribution in [0, 0.1) is 0 Å². The number of carbonyl (C=O) groups excluding carboxylic acids is 1. The van der Waals surface area contributed by atoms with Crippen molar-refractivity contribution in [1.29, 1.82) is 0 Å². The van der Waals surface area contributed by atoms with E-state index in [1.165, 1.54) is 0 Å². The lowest BCUT2D eigenvalue weighted by Crippen LogP contribution is -2.26. The summed E-state index contributed by atoms with van der Waals surface area (Å²) in [6.07, 6.45) is 9.10. The monoisotopic (exact) mass is 390 g/mol. The predicted molar refractivity (Wildman–Crippen MR) is 123 cm³/mol. The van der Waals surface area contributed by atoms with Crippen LogP contribution in [-0.2, 0) is 0 Å². The second-order valence-electron chi connectivity index (χ2n) is 7.50. The van der Waals surface area contributed by atoms with Crippen molar-refractivity contribution in [2.45, 2.75) is 6.42 Å². The van der Waals surface area contributed by atoms with Gasteiger partial charge in [0, 0.05) is 24.5 Å². The molecule has 0 radical (unpaired) electrons. The second kappa shape index (κ2) is 7.53. The SMILES string of the molecule is CN1C2=CC=CCC2=CN(C(=O)c2ccc(-c3ccccc3)cc2)c2ccccc21. The lowest BCUT2D eigenvalue weighted by atomic mass is 10.0. The number of nitrogens with zero attached hydrogens (tertiary/aromatic N) is 2. The summed E-state index contributed by atoms with van der Waals surface area (Å²) < 4.78 is 0. The molecule has 0 saturated carbocycles. The molecule has 3 aromatic carbocycles. The van der Waals surface area contributed by atoms with E-state index in [-0.39, 0.29) is 5.91 Å². The highest BCUT2D eigenvalue weighted by atomic mass is 16.2. The highest BCUT2D eigenvalue weighted by Gasteiger charge is 2.27. The Labute approximate surface area is 176 Å². The maximum atomic E-state index is 13.6. The Balaban J connectivity index is 1.55. The molecule has 0 N–H and O–H groups in total. The molecule has 1 aliphatic heterocycles. The van der Waals surface area contributed by atoms with Crippen LogP contribution in [0.1, 0.15) is 16.8 Å². The molecular formula is C27H22N2O. The zero-order valence-electron chi connectivity index (χ0n) is 16.8. The fourth-order valence-electron chi connectivity index (χ4n) is 4.06. The average molecular weight is 390 g/mol. The molecule has 2 aliphatic rings. The Bertz CT molecular complexity index is 1190. The summed E-state index contributed by atoms with van der Waals surface area (Å²) in [4.78, 5) is 17.5. The number of allylic oxidation sites excluding steroid dienone is 4. The number of para-hydroxylation sites is 2. The van der Waals surface area contributed by atoms with Crippen LogP contribution >= 0.6 is 0 Å². The number of benzene rings is 3. The van der Waals surface area contributed by atoms with Gasteiger partial charge in [0.15, 0.2) is 0 Å². The van der Waals surface area contributed by atoms with Gasteiger partial charge in [-0.3, -0.25) is 9.69 Å². The highest BCUT2D eigenvalue weighted by molar-refractivity contribution is 6.10. The Kier molecular flexibility index (Phi) is 4.56. The van der Waals surface area contributed by atoms with Gasteiger partial charge in [-0.15, -0.1) is 0 Å². The molecule has 0 fully saturated rings. The number of carbonyl (C=O) groups is 1. The minimum atomic E-state index is -0.0289. The van der Waals surface area contributed by atoms with Crippen LogP contribution in [0.15, 0.2) is 115 Å². The van der Waals surface area contributed by atoms with Gasteiger partial charge in [-0.05, 0) is 53.5 Å². The van der Waals surface area contributed by atoms with Crippen LogP contribution in [0.3, 0.4) is 0 Å². The summed E-state index contributed by atoms with van der Waals surface area (Å²) in [5, 5.41) is 0. The van der Waals surface area contributed by atoms with Crippen molar-refractivity contribution in [2.24, 2.45) is 0 Å². The van der Waals surface area contributed by atoms with E-state index in [0.717, 1.165) is 40.2 Å². The minimum absolute atomic E-state index is 0.0289. The van der Waals surface area contributed by atoms with Gasteiger partial charge in [0.25, 0.3) is 5.91 Å². The van der Waals surface area contributed by atoms with Gasteiger partial charge < -0.3 is 4.90 Å². The zero-order valence-corrected chi connectivity index (χ0v) is 16.8. The summed E-state index contributed by atoms with van der Waals surface area (Å²) in [5.41, 5.74) is 7.07. The standard InChI is InChI=1S/C27H22N2O/c1-28-24-12-6-5-11-23(24)19-29(26-14-8-7-13-25(26)28)27(30)22-17-15-21(16-18-22)20-9-3-2-4-10-20/h2-10,12-19H,11H2,1H3. The van der Waals surface area contributed by atoms with Gasteiger partial charge in [-0.25, -0.2) is 0 Å². The van der Waals surface area contributed by atoms with Gasteiger partial charge in [-0.1, -0.05) is 66.7 Å². The van der Waals surface area contributed by atoms with E-state index < -0.39 is 0 Å². The van der Waals surface area contributed by atoms with Crippen molar-refractivity contribution in [3.05, 3.63) is 120 Å². The van der Waals surface area contributed by atoms with Crippen molar-refractivity contribution >= 4 is 17.3 Å². The van der Waals surface area contributed by atoms with Crippen molar-refractivity contribution in [3.8, 4) is 11.1 Å². The fourth-order valence-corrected chi connectivity index (χ4v) is 4.06. The van der Waals surface area contributed by atoms with E-state index in [2.05, 4.69) is 48.4 Å². The largest absolute Gasteiger partial charge is 0.343 e. The van der Waals surface area contributed by atoms with Crippen molar-refractivity contribution < 1.29 is 4.79 Å². The molecule has 146 valence electrons. The van der Waals surface area contributed by atoms with Crippen LogP contribution < -0.4 is 9.80 Å². The third-order valence-electron chi connectivity index (χ3n) is 5.66. The highest BCUT2D eigenvalue weighted by Crippen LogP contribution is 2.39. The van der Waals surface area contributed by atoms with E-state index in [1.807, 2.05) is 66.9 Å². The molecule has 0 spiro atoms. The normalized spacial score (nSPS) is 15.0. The van der Waals surface area contributed by atoms with Crippen LogP contribution in [0.4, 0.5) is 11.4 Å². The number of rotatable bonds is 2. The molecule has 1 aliphatic carbocycles. The average Bonchev–Trinajstić information content (AvgIpc) is 2.94. The third-order valence-corrected chi connectivity index (χ3v) is 5.66. The molecule has 1 heterocycles. The summed E-state index contributed by atoms with van der Waals surface area (Å²) in [5.74, 6) is -0.0289. The molecule has 0 saturated heterocycles. The fraction of sp³-hybridized carbons (Fsp3) is 0.0741. The molecule has 3 heteroatoms. The Morgan fingerprint density at radius 3 is 2.23 bits per heavy atom. The van der Waals surface area contributed by atoms with Gasteiger partial charge in [0.2, 0.25) is 0 Å². The topological polar surface area (TPSA) is 23.6 Å². The van der Waals surface area contributed by atoms with Gasteiger partial charge in [0.1, 0.15) is 0 Å². The summed E-state index contributed by atoms with van der Waals surface area (Å²) in [6, 6.07) is 26.1. The smallest absolute Gasteiger partial charge is 0.262 e. The van der Waals surface area contributed by atoms with E-state index >= 15 is 0 Å². The minimum Gasteiger partial charge on any atom is -0.343 e. The van der Waals surface area contributed by atoms with Gasteiger partial charge >= 0.3 is 0 Å². The Morgan fingerprint density at radius 2 is 1.47 bits per heavy atom. The Morgan fingerprint density at radius 1 is 0.800 bits per heavy atom. The molecule has 0 aromatic heterocycles. The molecule has 0 bridgehead atoms. The van der Waals surface area contributed by atoms with E-state index in [9.17, 15) is 4.79 Å². The second-order valence-corrected chi connectivity index (χ2v) is 7.50. The number of hydrogen-bond donors (Lipinski definition) is 0. The summed E-state index contributed by atoms with van der Waals surface area (Å²) in [7, 11) is 2.06. The molecule has 30 heavy (non-hydrogen) atoms. The maximum Gasteiger partial charge on any atom is 0.262 e. The number of hydrogen-bond acceptors (Lipinski definition) is 2. The molecule has 3 nitrogen and oxygen atoms in total. The zero-order chi connectivity index (χ0) is 20.5. The van der Waals surface area contributed by atoms with Crippen LogP contribution in [0.5, 0.6) is 0 Å². The molecule has 0 unspecified atom stereocenters. The first kappa shape index (κ1) is 18.2. The van der Waals surface area contributed by atoms with Crippen LogP contribution in [0.2, 0.25) is 0 Å². The lowest BCUT2D eigenvalue weighted by molar-refractivity contribution is 0.0997. The van der Waals surface area contributed by atoms with E-state index in [1.54, 1.807) is 4.90 Å². The summed E-state index contributed by atoms with van der Waals surface area (Å²) in [6.45, 7) is 0. The van der Waals surface area contributed by atoms with Crippen molar-refractivity contribution in [3.63, 3.8) is 0 Å². The molecule has 0 atom stereocenters. The first-order valence-electron chi connectivity index (χ1n) is 10.1. The quantitative estimate of drug-likeness (QED) is 0.522. The van der Waals surface area contributed by atoms with Gasteiger partial charge in [0.05, 0.1) is 11.4 Å². The first-order valence-corrected chi connectivity index (χ1v) is 10.1. The third kappa shape index (κ3) is 3.15. The lowest BCUT2D eigenvalue weighted by Gasteiger charge is -2.25. The van der Waals surface area contributed by atoms with Crippen molar-refractivity contribution in [2.75, 3.05) is 16.8 Å². The molecule has 1 amide bonds. The number of fused-ring (bicyclic) bond motifs is 2. The molecule has 3 aromatic rings. The maximum absolute atomic E-state index is 13.6. The number of likely N-dealkylation sites (N-methyl/N-ethyl adjacent to an activating group) is 1. The first-order chi connectivity index (χ1) is 14.7. The predicted octanol–water partition coefficient (Wildman–Crippen LogP) is 6.18. The van der Waals surface area contributed by atoms with Crippen molar-refractivity contribution in [1.82, 2.24) is 0 Å². The summed E-state index contributed by atoms with van der Waals surface area (Å²) >= 11 is 0. The van der Waals surface area contributed by atoms with Crippen LogP contribution in [0.25, 0.3) is 11.1 Å². The van der Waals surface area contributed by atoms with Crippen LogP contribution in [-0.4, -0.2) is 13.0 Å².